The van der Waals surface area contributed by atoms with E-state index >= 15 is 0 Å². The van der Waals surface area contributed by atoms with Gasteiger partial charge < -0.3 is 0 Å². The molecule has 1 fully saturated rings. The summed E-state index contributed by atoms with van der Waals surface area (Å²) in [6, 6.07) is 0. The Balaban J connectivity index is 2.52. The predicted octanol–water partition coefficient (Wildman–Crippen LogP) is 1.68. The SMILES string of the molecule is CC(CCl)S(=O)(=O)N(C)CC1CCC1. The molecule has 0 amide bonds. The van der Waals surface area contributed by atoms with Gasteiger partial charge in [-0.3, -0.25) is 0 Å². The molecule has 1 saturated carbocycles. The van der Waals surface area contributed by atoms with Crippen LogP contribution in [0.3, 0.4) is 0 Å². The minimum atomic E-state index is -3.16. The van der Waals surface area contributed by atoms with Crippen LogP contribution in [-0.2, 0) is 10.0 Å². The topological polar surface area (TPSA) is 37.4 Å². The van der Waals surface area contributed by atoms with Crippen molar-refractivity contribution in [2.24, 2.45) is 5.92 Å². The van der Waals surface area contributed by atoms with Crippen LogP contribution in [0.5, 0.6) is 0 Å². The van der Waals surface area contributed by atoms with E-state index in [0.29, 0.717) is 12.5 Å². The molecule has 0 spiro atoms. The van der Waals surface area contributed by atoms with Gasteiger partial charge in [0.2, 0.25) is 10.0 Å². The zero-order valence-corrected chi connectivity index (χ0v) is 10.3. The van der Waals surface area contributed by atoms with Crippen LogP contribution in [0.15, 0.2) is 0 Å². The summed E-state index contributed by atoms with van der Waals surface area (Å²) in [5, 5.41) is -0.478. The Labute approximate surface area is 91.5 Å². The zero-order chi connectivity index (χ0) is 10.8. The minimum absolute atomic E-state index is 0.164. The Morgan fingerprint density at radius 1 is 1.50 bits per heavy atom. The Morgan fingerprint density at radius 2 is 2.07 bits per heavy atom. The summed E-state index contributed by atoms with van der Waals surface area (Å²) in [5.74, 6) is 0.731. The van der Waals surface area contributed by atoms with Crippen molar-refractivity contribution in [1.29, 1.82) is 0 Å². The number of alkyl halides is 1. The van der Waals surface area contributed by atoms with Gasteiger partial charge in [-0.25, -0.2) is 12.7 Å². The van der Waals surface area contributed by atoms with Gasteiger partial charge in [0.25, 0.3) is 0 Å². The molecule has 0 N–H and O–H groups in total. The molecule has 0 aromatic carbocycles. The maximum Gasteiger partial charge on any atom is 0.217 e. The second kappa shape index (κ2) is 4.81. The zero-order valence-electron chi connectivity index (χ0n) is 8.74. The maximum absolute atomic E-state index is 11.8. The van der Waals surface area contributed by atoms with Gasteiger partial charge in [-0.2, -0.15) is 0 Å². The first-order valence-corrected chi connectivity index (χ1v) is 7.03. The van der Waals surface area contributed by atoms with Crippen LogP contribution in [0.4, 0.5) is 0 Å². The van der Waals surface area contributed by atoms with Crippen molar-refractivity contribution in [2.75, 3.05) is 19.5 Å². The fourth-order valence-corrected chi connectivity index (χ4v) is 3.20. The van der Waals surface area contributed by atoms with Crippen LogP contribution in [0.1, 0.15) is 26.2 Å². The second-order valence-corrected chi connectivity index (χ2v) is 6.85. The van der Waals surface area contributed by atoms with Gasteiger partial charge in [-0.15, -0.1) is 11.6 Å². The molecule has 14 heavy (non-hydrogen) atoms. The molecule has 0 aliphatic heterocycles. The molecule has 0 bridgehead atoms. The molecule has 0 heterocycles. The van der Waals surface area contributed by atoms with Crippen molar-refractivity contribution >= 4 is 21.6 Å². The Bertz CT molecular complexity index is 275. The molecule has 1 unspecified atom stereocenters. The summed E-state index contributed by atoms with van der Waals surface area (Å²) in [5.41, 5.74) is 0. The molecule has 0 saturated heterocycles. The highest BCUT2D eigenvalue weighted by molar-refractivity contribution is 7.89. The fraction of sp³-hybridized carbons (Fsp3) is 1.00. The largest absolute Gasteiger partial charge is 0.217 e. The van der Waals surface area contributed by atoms with Crippen LogP contribution in [0, 0.1) is 5.92 Å². The third-order valence-corrected chi connectivity index (χ3v) is 5.75. The molecule has 0 aromatic heterocycles. The van der Waals surface area contributed by atoms with Gasteiger partial charge >= 0.3 is 0 Å². The molecule has 84 valence electrons. The van der Waals surface area contributed by atoms with E-state index in [1.54, 1.807) is 14.0 Å². The lowest BCUT2D eigenvalue weighted by atomic mass is 9.86. The minimum Gasteiger partial charge on any atom is -0.212 e. The number of hydrogen-bond acceptors (Lipinski definition) is 2. The van der Waals surface area contributed by atoms with Crippen LogP contribution in [0.2, 0.25) is 0 Å². The molecule has 3 nitrogen and oxygen atoms in total. The average molecular weight is 240 g/mol. The molecule has 1 aliphatic carbocycles. The van der Waals surface area contributed by atoms with Crippen LogP contribution in [-0.4, -0.2) is 37.4 Å². The highest BCUT2D eigenvalue weighted by atomic mass is 35.5. The Morgan fingerprint density at radius 3 is 2.43 bits per heavy atom. The van der Waals surface area contributed by atoms with Crippen molar-refractivity contribution in [3.63, 3.8) is 0 Å². The highest BCUT2D eigenvalue weighted by Crippen LogP contribution is 2.27. The number of rotatable bonds is 5. The van der Waals surface area contributed by atoms with E-state index in [1.165, 1.54) is 10.7 Å². The van der Waals surface area contributed by atoms with Crippen LogP contribution >= 0.6 is 11.6 Å². The third kappa shape index (κ3) is 2.61. The van der Waals surface area contributed by atoms with Gasteiger partial charge in [-0.05, 0) is 25.7 Å². The van der Waals surface area contributed by atoms with Gasteiger partial charge in [0.15, 0.2) is 0 Å². The lowest BCUT2D eigenvalue weighted by molar-refractivity contribution is 0.262. The number of nitrogens with zero attached hydrogens (tertiary/aromatic N) is 1. The summed E-state index contributed by atoms with van der Waals surface area (Å²) in [6.07, 6.45) is 3.56. The molecule has 1 aliphatic rings. The monoisotopic (exact) mass is 239 g/mol. The Kier molecular flexibility index (Phi) is 4.22. The smallest absolute Gasteiger partial charge is 0.212 e. The van der Waals surface area contributed by atoms with E-state index in [0.717, 1.165) is 12.8 Å². The van der Waals surface area contributed by atoms with Gasteiger partial charge in [-0.1, -0.05) is 6.42 Å². The van der Waals surface area contributed by atoms with Crippen LogP contribution in [0.25, 0.3) is 0 Å². The standard InChI is InChI=1S/C9H18ClNO2S/c1-8(6-10)14(12,13)11(2)7-9-4-3-5-9/h8-9H,3-7H2,1-2H3. The number of sulfonamides is 1. The van der Waals surface area contributed by atoms with Gasteiger partial charge in [0, 0.05) is 19.5 Å². The van der Waals surface area contributed by atoms with Crippen LogP contribution < -0.4 is 0 Å². The van der Waals surface area contributed by atoms with Crippen molar-refractivity contribution in [1.82, 2.24) is 4.31 Å². The van der Waals surface area contributed by atoms with E-state index in [2.05, 4.69) is 0 Å². The first-order valence-electron chi connectivity index (χ1n) is 4.99. The summed E-state index contributed by atoms with van der Waals surface area (Å²) >= 11 is 5.56. The van der Waals surface area contributed by atoms with E-state index < -0.39 is 15.3 Å². The van der Waals surface area contributed by atoms with Crippen molar-refractivity contribution in [3.8, 4) is 0 Å². The molecule has 0 radical (unpaired) electrons. The quantitative estimate of drug-likeness (QED) is 0.685. The Hall–Kier alpha value is 0.200. The van der Waals surface area contributed by atoms with Crippen molar-refractivity contribution in [2.45, 2.75) is 31.4 Å². The second-order valence-electron chi connectivity index (χ2n) is 4.09. The predicted molar refractivity (Wildman–Crippen MR) is 59.1 cm³/mol. The van der Waals surface area contributed by atoms with E-state index in [-0.39, 0.29) is 5.88 Å². The third-order valence-electron chi connectivity index (χ3n) is 2.90. The summed E-state index contributed by atoms with van der Waals surface area (Å²) < 4.78 is 25.0. The molecule has 1 atom stereocenters. The lowest BCUT2D eigenvalue weighted by Crippen LogP contribution is -2.39. The highest BCUT2D eigenvalue weighted by Gasteiger charge is 2.28. The molecular weight excluding hydrogens is 222 g/mol. The molecular formula is C9H18ClNO2S. The van der Waals surface area contributed by atoms with E-state index in [9.17, 15) is 8.42 Å². The number of hydrogen-bond donors (Lipinski definition) is 0. The first-order chi connectivity index (χ1) is 6.48. The van der Waals surface area contributed by atoms with E-state index in [4.69, 9.17) is 11.6 Å². The molecule has 0 aromatic rings. The van der Waals surface area contributed by atoms with Crippen molar-refractivity contribution < 1.29 is 8.42 Å². The maximum atomic E-state index is 11.8. The normalized spacial score (nSPS) is 20.9. The van der Waals surface area contributed by atoms with Gasteiger partial charge in [0.1, 0.15) is 0 Å². The summed E-state index contributed by atoms with van der Waals surface area (Å²) in [4.78, 5) is 0. The fourth-order valence-electron chi connectivity index (χ4n) is 1.53. The lowest BCUT2D eigenvalue weighted by Gasteiger charge is -2.30. The average Bonchev–Trinajstić information content (AvgIpc) is 2.09. The molecule has 1 rings (SSSR count). The summed E-state index contributed by atoms with van der Waals surface area (Å²) in [6.45, 7) is 2.31. The van der Waals surface area contributed by atoms with Crippen molar-refractivity contribution in [3.05, 3.63) is 0 Å². The van der Waals surface area contributed by atoms with E-state index in [1.807, 2.05) is 0 Å². The molecule has 5 heteroatoms. The first kappa shape index (κ1) is 12.3. The number of halogens is 1. The van der Waals surface area contributed by atoms with Gasteiger partial charge in [0.05, 0.1) is 5.25 Å². The summed E-state index contributed by atoms with van der Waals surface area (Å²) in [7, 11) is -1.51.